The van der Waals surface area contributed by atoms with Crippen LogP contribution >= 0.6 is 0 Å². The van der Waals surface area contributed by atoms with Crippen LogP contribution in [0.1, 0.15) is 17.0 Å². The molecule has 1 fully saturated rings. The number of nitrogens with zero attached hydrogens (tertiary/aromatic N) is 2. The lowest BCUT2D eigenvalue weighted by Crippen LogP contribution is -2.54. The Hall–Kier alpha value is -3.15. The first-order valence-corrected chi connectivity index (χ1v) is 7.49. The van der Waals surface area contributed by atoms with E-state index in [0.29, 0.717) is 11.4 Å². The number of rotatable bonds is 2. The summed E-state index contributed by atoms with van der Waals surface area (Å²) in [6.45, 7) is 3.73. The Balaban J connectivity index is 2.07. The minimum Gasteiger partial charge on any atom is -0.348 e. The summed E-state index contributed by atoms with van der Waals surface area (Å²) in [6, 6.07) is 10.0. The molecule has 0 aliphatic carbocycles. The third kappa shape index (κ3) is 2.52. The SMILES string of the molecule is Cc1ccccc1N1C(=O)NC(=O)/C(=C\c2ccc(C)n2C)C1=O. The summed E-state index contributed by atoms with van der Waals surface area (Å²) in [7, 11) is 1.84. The number of hydrogen-bond acceptors (Lipinski definition) is 3. The average molecular weight is 323 g/mol. The first-order valence-electron chi connectivity index (χ1n) is 7.49. The number of carbonyl (C=O) groups excluding carboxylic acids is 3. The highest BCUT2D eigenvalue weighted by Crippen LogP contribution is 2.25. The Bertz CT molecular complexity index is 893. The van der Waals surface area contributed by atoms with Gasteiger partial charge in [0, 0.05) is 18.4 Å². The number of carbonyl (C=O) groups is 3. The van der Waals surface area contributed by atoms with Crippen molar-refractivity contribution < 1.29 is 14.4 Å². The van der Waals surface area contributed by atoms with E-state index in [9.17, 15) is 14.4 Å². The molecule has 0 saturated carbocycles. The zero-order valence-corrected chi connectivity index (χ0v) is 13.7. The molecule has 1 N–H and O–H groups in total. The van der Waals surface area contributed by atoms with Gasteiger partial charge in [0.05, 0.1) is 5.69 Å². The molecule has 24 heavy (non-hydrogen) atoms. The molecule has 0 atom stereocenters. The number of imide groups is 2. The van der Waals surface area contributed by atoms with Gasteiger partial charge in [0.2, 0.25) is 0 Å². The summed E-state index contributed by atoms with van der Waals surface area (Å²) < 4.78 is 1.86. The second-order valence-corrected chi connectivity index (χ2v) is 5.70. The molecule has 6 nitrogen and oxygen atoms in total. The molecule has 1 saturated heterocycles. The fraction of sp³-hybridized carbons (Fsp3) is 0.167. The van der Waals surface area contributed by atoms with Gasteiger partial charge >= 0.3 is 6.03 Å². The monoisotopic (exact) mass is 323 g/mol. The predicted molar refractivity (Wildman–Crippen MR) is 90.3 cm³/mol. The van der Waals surface area contributed by atoms with Gasteiger partial charge in [-0.15, -0.1) is 0 Å². The lowest BCUT2D eigenvalue weighted by molar-refractivity contribution is -0.122. The maximum Gasteiger partial charge on any atom is 0.335 e. The van der Waals surface area contributed by atoms with E-state index in [1.165, 1.54) is 6.08 Å². The summed E-state index contributed by atoms with van der Waals surface area (Å²) in [4.78, 5) is 38.1. The van der Waals surface area contributed by atoms with Gasteiger partial charge in [0.25, 0.3) is 11.8 Å². The standard InChI is InChI=1S/C18H17N3O3/c1-11-6-4-5-7-15(11)21-17(23)14(16(22)19-18(21)24)10-13-9-8-12(2)20(13)3/h4-10H,1-3H3,(H,19,22,24)/b14-10+. The number of aromatic nitrogens is 1. The fourth-order valence-corrected chi connectivity index (χ4v) is 2.62. The topological polar surface area (TPSA) is 71.4 Å². The van der Waals surface area contributed by atoms with Crippen LogP contribution in [0.3, 0.4) is 0 Å². The molecule has 0 bridgehead atoms. The molecule has 1 aliphatic heterocycles. The van der Waals surface area contributed by atoms with Gasteiger partial charge in [-0.1, -0.05) is 18.2 Å². The third-order valence-electron chi connectivity index (χ3n) is 4.16. The number of nitrogens with one attached hydrogen (secondary N) is 1. The van der Waals surface area contributed by atoms with E-state index in [0.717, 1.165) is 16.2 Å². The number of amides is 4. The van der Waals surface area contributed by atoms with Crippen molar-refractivity contribution in [1.82, 2.24) is 9.88 Å². The van der Waals surface area contributed by atoms with E-state index < -0.39 is 17.8 Å². The molecule has 3 rings (SSSR count). The highest BCUT2D eigenvalue weighted by molar-refractivity contribution is 6.39. The maximum absolute atomic E-state index is 12.8. The van der Waals surface area contributed by atoms with E-state index >= 15 is 0 Å². The van der Waals surface area contributed by atoms with E-state index in [-0.39, 0.29) is 5.57 Å². The zero-order valence-electron chi connectivity index (χ0n) is 13.7. The van der Waals surface area contributed by atoms with Crippen LogP contribution in [0.5, 0.6) is 0 Å². The Kier molecular flexibility index (Phi) is 3.81. The lowest BCUT2D eigenvalue weighted by atomic mass is 10.1. The van der Waals surface area contributed by atoms with Crippen LogP contribution in [0, 0.1) is 13.8 Å². The van der Waals surface area contributed by atoms with Crippen LogP contribution in [-0.4, -0.2) is 22.4 Å². The average Bonchev–Trinajstić information content (AvgIpc) is 2.85. The minimum absolute atomic E-state index is 0.0703. The van der Waals surface area contributed by atoms with E-state index in [2.05, 4.69) is 5.32 Å². The van der Waals surface area contributed by atoms with Gasteiger partial charge in [0.15, 0.2) is 0 Å². The van der Waals surface area contributed by atoms with Crippen LogP contribution in [0.4, 0.5) is 10.5 Å². The Morgan fingerprint density at radius 3 is 2.33 bits per heavy atom. The van der Waals surface area contributed by atoms with Crippen molar-refractivity contribution in [3.63, 3.8) is 0 Å². The fourth-order valence-electron chi connectivity index (χ4n) is 2.62. The van der Waals surface area contributed by atoms with Crippen molar-refractivity contribution in [2.75, 3.05) is 4.90 Å². The van der Waals surface area contributed by atoms with Crippen molar-refractivity contribution in [1.29, 1.82) is 0 Å². The van der Waals surface area contributed by atoms with E-state index in [1.807, 2.05) is 36.7 Å². The van der Waals surface area contributed by atoms with Gasteiger partial charge in [-0.3, -0.25) is 14.9 Å². The summed E-state index contributed by atoms with van der Waals surface area (Å²) in [5.74, 6) is -1.31. The zero-order chi connectivity index (χ0) is 17.4. The summed E-state index contributed by atoms with van der Waals surface area (Å²) in [5.41, 5.74) is 2.87. The first kappa shape index (κ1) is 15.7. The number of barbiturate groups is 1. The molecule has 0 spiro atoms. The second kappa shape index (κ2) is 5.81. The van der Waals surface area contributed by atoms with Crippen molar-refractivity contribution in [3.05, 3.63) is 58.9 Å². The molecule has 6 heteroatoms. The lowest BCUT2D eigenvalue weighted by Gasteiger charge is -2.27. The van der Waals surface area contributed by atoms with Crippen molar-refractivity contribution in [2.45, 2.75) is 13.8 Å². The summed E-state index contributed by atoms with van der Waals surface area (Å²) in [5, 5.41) is 2.23. The van der Waals surface area contributed by atoms with Crippen LogP contribution in [0.25, 0.3) is 6.08 Å². The maximum atomic E-state index is 12.8. The van der Waals surface area contributed by atoms with Crippen LogP contribution in [0.2, 0.25) is 0 Å². The first-order chi connectivity index (χ1) is 11.4. The minimum atomic E-state index is -0.737. The molecular formula is C18H17N3O3. The molecule has 4 amide bonds. The molecule has 1 aliphatic rings. The largest absolute Gasteiger partial charge is 0.348 e. The molecule has 1 aromatic carbocycles. The number of urea groups is 1. The van der Waals surface area contributed by atoms with Gasteiger partial charge in [-0.25, -0.2) is 9.69 Å². The van der Waals surface area contributed by atoms with Crippen molar-refractivity contribution >= 4 is 29.6 Å². The smallest absolute Gasteiger partial charge is 0.335 e. The van der Waals surface area contributed by atoms with Crippen LogP contribution in [0.15, 0.2) is 42.0 Å². The van der Waals surface area contributed by atoms with Gasteiger partial charge in [-0.05, 0) is 43.7 Å². The second-order valence-electron chi connectivity index (χ2n) is 5.70. The molecule has 2 heterocycles. The van der Waals surface area contributed by atoms with Gasteiger partial charge in [0.1, 0.15) is 5.57 Å². The van der Waals surface area contributed by atoms with E-state index in [1.54, 1.807) is 25.1 Å². The van der Waals surface area contributed by atoms with Crippen molar-refractivity contribution in [3.8, 4) is 0 Å². The predicted octanol–water partition coefficient (Wildman–Crippen LogP) is 2.31. The van der Waals surface area contributed by atoms with Gasteiger partial charge < -0.3 is 4.57 Å². The van der Waals surface area contributed by atoms with Crippen LogP contribution < -0.4 is 10.2 Å². The van der Waals surface area contributed by atoms with Crippen LogP contribution in [-0.2, 0) is 16.6 Å². The normalized spacial score (nSPS) is 16.7. The third-order valence-corrected chi connectivity index (χ3v) is 4.16. The van der Waals surface area contributed by atoms with E-state index in [4.69, 9.17) is 0 Å². The highest BCUT2D eigenvalue weighted by Gasteiger charge is 2.37. The summed E-state index contributed by atoms with van der Waals surface area (Å²) in [6.07, 6.45) is 1.50. The Morgan fingerprint density at radius 1 is 1.00 bits per heavy atom. The number of aryl methyl sites for hydroxylation is 2. The molecule has 0 unspecified atom stereocenters. The molecule has 1 aromatic heterocycles. The Morgan fingerprint density at radius 2 is 1.71 bits per heavy atom. The number of benzene rings is 1. The Labute approximate surface area is 139 Å². The quantitative estimate of drug-likeness (QED) is 0.681. The highest BCUT2D eigenvalue weighted by atomic mass is 16.2. The van der Waals surface area contributed by atoms with Gasteiger partial charge in [-0.2, -0.15) is 0 Å². The number of para-hydroxylation sites is 1. The van der Waals surface area contributed by atoms with Crippen molar-refractivity contribution in [2.24, 2.45) is 7.05 Å². The molecule has 0 radical (unpaired) electrons. The number of anilines is 1. The number of hydrogen-bond donors (Lipinski definition) is 1. The summed E-state index contributed by atoms with van der Waals surface area (Å²) >= 11 is 0. The molecule has 122 valence electrons. The molecule has 2 aromatic rings. The molecular weight excluding hydrogens is 306 g/mol.